The number of benzene rings is 1. The molecule has 9 heteroatoms. The van der Waals surface area contributed by atoms with E-state index in [9.17, 15) is 14.7 Å². The lowest BCUT2D eigenvalue weighted by molar-refractivity contribution is -0.141. The molecule has 1 spiro atoms. The van der Waals surface area contributed by atoms with Gasteiger partial charge in [0.25, 0.3) is 5.91 Å². The van der Waals surface area contributed by atoms with Crippen molar-refractivity contribution in [1.82, 2.24) is 30.4 Å². The number of carboxylic acids is 1. The molecule has 3 heterocycles. The quantitative estimate of drug-likeness (QED) is 0.824. The number of likely N-dealkylation sites (tertiary alicyclic amines) is 2. The van der Waals surface area contributed by atoms with Crippen LogP contribution >= 0.6 is 0 Å². The minimum atomic E-state index is -0.762. The van der Waals surface area contributed by atoms with Crippen molar-refractivity contribution in [2.75, 3.05) is 26.7 Å². The fourth-order valence-corrected chi connectivity index (χ4v) is 4.40. The van der Waals surface area contributed by atoms with Crippen molar-refractivity contribution in [3.05, 3.63) is 29.8 Å². The lowest BCUT2D eigenvalue weighted by Crippen LogP contribution is -2.44. The minimum Gasteiger partial charge on any atom is -0.480 e. The maximum absolute atomic E-state index is 13.1. The number of carbonyl (C=O) groups is 2. The molecule has 1 aromatic carbocycles. The Morgan fingerprint density at radius 1 is 1.26 bits per heavy atom. The first kappa shape index (κ1) is 17.6. The molecule has 0 unspecified atom stereocenters. The van der Waals surface area contributed by atoms with Crippen molar-refractivity contribution in [2.45, 2.75) is 25.3 Å². The molecule has 1 amide bonds. The summed E-state index contributed by atoms with van der Waals surface area (Å²) in [5, 5.41) is 23.3. The van der Waals surface area contributed by atoms with E-state index in [1.807, 2.05) is 35.0 Å². The second kappa shape index (κ2) is 6.73. The first-order chi connectivity index (χ1) is 13.0. The molecule has 0 saturated carbocycles. The van der Waals surface area contributed by atoms with E-state index in [1.165, 1.54) is 0 Å². The number of likely N-dealkylation sites (N-methyl/N-ethyl adjacent to an activating group) is 1. The minimum absolute atomic E-state index is 0.0121. The largest absolute Gasteiger partial charge is 0.480 e. The highest BCUT2D eigenvalue weighted by Crippen LogP contribution is 2.43. The van der Waals surface area contributed by atoms with Gasteiger partial charge in [0.2, 0.25) is 5.82 Å². The van der Waals surface area contributed by atoms with Gasteiger partial charge in [0.1, 0.15) is 6.04 Å². The zero-order chi connectivity index (χ0) is 19.0. The number of H-pyrrole nitrogens is 1. The molecular formula is C18H22N6O3. The van der Waals surface area contributed by atoms with Gasteiger partial charge in [-0.1, -0.05) is 18.2 Å². The average molecular weight is 370 g/mol. The van der Waals surface area contributed by atoms with Crippen LogP contribution in [-0.4, -0.2) is 80.1 Å². The molecular weight excluding hydrogens is 348 g/mol. The van der Waals surface area contributed by atoms with Crippen LogP contribution in [-0.2, 0) is 4.79 Å². The summed E-state index contributed by atoms with van der Waals surface area (Å²) >= 11 is 0. The lowest BCUT2D eigenvalue weighted by atomic mass is 9.76. The summed E-state index contributed by atoms with van der Waals surface area (Å²) in [5.74, 6) is -0.414. The Bertz CT molecular complexity index is 845. The van der Waals surface area contributed by atoms with Gasteiger partial charge in [-0.25, -0.2) is 0 Å². The zero-order valence-electron chi connectivity index (χ0n) is 15.1. The van der Waals surface area contributed by atoms with Gasteiger partial charge < -0.3 is 10.0 Å². The summed E-state index contributed by atoms with van der Waals surface area (Å²) < 4.78 is 0. The fraction of sp³-hybridized carbons (Fsp3) is 0.500. The topological polar surface area (TPSA) is 115 Å². The molecule has 0 radical (unpaired) electrons. The van der Waals surface area contributed by atoms with Crippen molar-refractivity contribution in [3.63, 3.8) is 0 Å². The van der Waals surface area contributed by atoms with E-state index in [0.717, 1.165) is 19.4 Å². The van der Waals surface area contributed by atoms with Crippen LogP contribution in [0.3, 0.4) is 0 Å². The molecule has 27 heavy (non-hydrogen) atoms. The standard InChI is InChI=1S/C18H22N6O3/c1-23-11-18(10-14(23)17(26)27)6-8-24(9-7-18)16(25)13-5-3-2-4-12(13)15-19-21-22-20-15/h2-5,14H,6-11H2,1H3,(H,26,27)(H,19,20,21,22)/t14-/m1/s1. The second-order valence-corrected chi connectivity index (χ2v) is 7.55. The number of rotatable bonds is 3. The SMILES string of the molecule is CN1CC2(CCN(C(=O)c3ccccc3-c3nn[nH]n3)CC2)C[C@@H]1C(=O)O. The molecule has 9 nitrogen and oxygen atoms in total. The normalized spacial score (nSPS) is 22.3. The van der Waals surface area contributed by atoms with Crippen molar-refractivity contribution in [2.24, 2.45) is 5.41 Å². The van der Waals surface area contributed by atoms with Gasteiger partial charge in [0, 0.05) is 25.2 Å². The number of carboxylic acid groups (broad SMARTS) is 1. The van der Waals surface area contributed by atoms with E-state index in [1.54, 1.807) is 6.07 Å². The number of nitrogens with zero attached hydrogens (tertiary/aromatic N) is 5. The third-order valence-corrected chi connectivity index (χ3v) is 5.88. The number of aromatic amines is 1. The van der Waals surface area contributed by atoms with E-state index < -0.39 is 12.0 Å². The van der Waals surface area contributed by atoms with Gasteiger partial charge in [-0.3, -0.25) is 14.5 Å². The van der Waals surface area contributed by atoms with Crippen LogP contribution in [0.25, 0.3) is 11.4 Å². The first-order valence-corrected chi connectivity index (χ1v) is 9.04. The van der Waals surface area contributed by atoms with Crippen molar-refractivity contribution >= 4 is 11.9 Å². The van der Waals surface area contributed by atoms with Crippen molar-refractivity contribution < 1.29 is 14.7 Å². The van der Waals surface area contributed by atoms with E-state index in [0.29, 0.717) is 36.5 Å². The van der Waals surface area contributed by atoms with Crippen molar-refractivity contribution in [3.8, 4) is 11.4 Å². The van der Waals surface area contributed by atoms with Crippen LogP contribution in [0.15, 0.2) is 24.3 Å². The molecule has 2 aliphatic rings. The molecule has 4 rings (SSSR count). The third kappa shape index (κ3) is 3.18. The van der Waals surface area contributed by atoms with Gasteiger partial charge in [0.15, 0.2) is 0 Å². The van der Waals surface area contributed by atoms with Gasteiger partial charge in [-0.15, -0.1) is 10.2 Å². The molecule has 2 saturated heterocycles. The molecule has 2 N–H and O–H groups in total. The van der Waals surface area contributed by atoms with Crippen LogP contribution in [0, 0.1) is 5.41 Å². The summed E-state index contributed by atoms with van der Waals surface area (Å²) in [6.07, 6.45) is 2.29. The van der Waals surface area contributed by atoms with Crippen LogP contribution in [0.2, 0.25) is 0 Å². The first-order valence-electron chi connectivity index (χ1n) is 9.04. The number of amides is 1. The molecule has 1 atom stereocenters. The predicted octanol–water partition coefficient (Wildman–Crippen LogP) is 0.878. The van der Waals surface area contributed by atoms with Crippen LogP contribution < -0.4 is 0 Å². The molecule has 0 aliphatic carbocycles. The number of tetrazole rings is 1. The summed E-state index contributed by atoms with van der Waals surface area (Å²) in [7, 11) is 1.87. The highest BCUT2D eigenvalue weighted by molar-refractivity contribution is 6.00. The number of aromatic nitrogens is 4. The predicted molar refractivity (Wildman–Crippen MR) is 95.9 cm³/mol. The average Bonchev–Trinajstić information content (AvgIpc) is 3.30. The number of carbonyl (C=O) groups excluding carboxylic acids is 1. The summed E-state index contributed by atoms with van der Waals surface area (Å²) in [6.45, 7) is 2.02. The number of hydrogen-bond acceptors (Lipinski definition) is 6. The highest BCUT2D eigenvalue weighted by atomic mass is 16.4. The Hall–Kier alpha value is -2.81. The maximum atomic E-state index is 13.1. The molecule has 2 aliphatic heterocycles. The van der Waals surface area contributed by atoms with Crippen LogP contribution in [0.4, 0.5) is 0 Å². The number of piperidine rings is 1. The van der Waals surface area contributed by atoms with E-state index in [-0.39, 0.29) is 11.3 Å². The molecule has 1 aromatic heterocycles. The van der Waals surface area contributed by atoms with Crippen LogP contribution in [0.5, 0.6) is 0 Å². The molecule has 2 fully saturated rings. The fourth-order valence-electron chi connectivity index (χ4n) is 4.40. The molecule has 0 bridgehead atoms. The molecule has 2 aromatic rings. The van der Waals surface area contributed by atoms with Crippen molar-refractivity contribution in [1.29, 1.82) is 0 Å². The van der Waals surface area contributed by atoms with Crippen LogP contribution in [0.1, 0.15) is 29.6 Å². The number of nitrogens with one attached hydrogen (secondary N) is 1. The Morgan fingerprint density at radius 2 is 2.00 bits per heavy atom. The monoisotopic (exact) mass is 370 g/mol. The number of hydrogen-bond donors (Lipinski definition) is 2. The maximum Gasteiger partial charge on any atom is 0.320 e. The highest BCUT2D eigenvalue weighted by Gasteiger charge is 2.47. The second-order valence-electron chi connectivity index (χ2n) is 7.55. The zero-order valence-corrected chi connectivity index (χ0v) is 15.1. The summed E-state index contributed by atoms with van der Waals surface area (Å²) in [4.78, 5) is 28.3. The van der Waals surface area contributed by atoms with Gasteiger partial charge in [0.05, 0.1) is 5.56 Å². The Kier molecular flexibility index (Phi) is 4.39. The van der Waals surface area contributed by atoms with Gasteiger partial charge in [-0.05, 0) is 43.0 Å². The van der Waals surface area contributed by atoms with E-state index in [4.69, 9.17) is 0 Å². The van der Waals surface area contributed by atoms with E-state index in [2.05, 4.69) is 20.6 Å². The summed E-state index contributed by atoms with van der Waals surface area (Å²) in [5.41, 5.74) is 1.20. The van der Waals surface area contributed by atoms with Gasteiger partial charge in [-0.2, -0.15) is 5.21 Å². The Morgan fingerprint density at radius 3 is 2.63 bits per heavy atom. The van der Waals surface area contributed by atoms with Gasteiger partial charge >= 0.3 is 5.97 Å². The van der Waals surface area contributed by atoms with E-state index >= 15 is 0 Å². The molecule has 142 valence electrons. The smallest absolute Gasteiger partial charge is 0.320 e. The Balaban J connectivity index is 1.48. The third-order valence-electron chi connectivity index (χ3n) is 5.88. The lowest BCUT2D eigenvalue weighted by Gasteiger charge is -2.39. The number of aliphatic carboxylic acids is 1. The summed E-state index contributed by atoms with van der Waals surface area (Å²) in [6, 6.07) is 6.83. The Labute approximate surface area is 156 Å².